The van der Waals surface area contributed by atoms with Crippen LogP contribution in [0, 0.1) is 0 Å². The minimum atomic E-state index is 0.600. The van der Waals surface area contributed by atoms with E-state index in [2.05, 4.69) is 166 Å². The molecule has 0 aliphatic heterocycles. The maximum atomic E-state index is 5.37. The highest BCUT2D eigenvalue weighted by Crippen LogP contribution is 2.50. The Morgan fingerprint density at radius 3 is 1.57 bits per heavy atom. The van der Waals surface area contributed by atoms with Gasteiger partial charge in [-0.1, -0.05) is 152 Å². The Kier molecular flexibility index (Phi) is 9.54. The monoisotopic (exact) mass is 887 g/mol. The van der Waals surface area contributed by atoms with Crippen molar-refractivity contribution in [3.8, 4) is 83.8 Å². The van der Waals surface area contributed by atoms with Gasteiger partial charge in [-0.2, -0.15) is 0 Å². The molecule has 68 heavy (non-hydrogen) atoms. The number of hydrogen-bond donors (Lipinski definition) is 0. The van der Waals surface area contributed by atoms with Crippen LogP contribution in [-0.4, -0.2) is 34.5 Å². The maximum absolute atomic E-state index is 5.37. The van der Waals surface area contributed by atoms with Gasteiger partial charge in [0.15, 0.2) is 17.5 Å². The van der Waals surface area contributed by atoms with Crippen molar-refractivity contribution >= 4 is 54.1 Å². The second-order valence-corrected chi connectivity index (χ2v) is 17.7. The number of aromatic nitrogens is 7. The number of pyridine rings is 3. The summed E-state index contributed by atoms with van der Waals surface area (Å²) in [6.07, 6.45) is 7.54. The Morgan fingerprint density at radius 2 is 0.912 bits per heavy atom. The van der Waals surface area contributed by atoms with Crippen LogP contribution in [0.15, 0.2) is 225 Å². The number of hydrogen-bond acceptors (Lipinski definition) is 7. The summed E-state index contributed by atoms with van der Waals surface area (Å²) in [7, 11) is 0. The molecule has 8 heteroatoms. The van der Waals surface area contributed by atoms with Gasteiger partial charge in [-0.3, -0.25) is 9.97 Å². The van der Waals surface area contributed by atoms with Crippen molar-refractivity contribution in [1.82, 2.24) is 34.5 Å². The molecule has 13 aromatic rings. The maximum Gasteiger partial charge on any atom is 0.164 e. The van der Waals surface area contributed by atoms with Gasteiger partial charge in [0.2, 0.25) is 0 Å². The lowest BCUT2D eigenvalue weighted by Crippen LogP contribution is -2.01. The van der Waals surface area contributed by atoms with Gasteiger partial charge in [0.25, 0.3) is 0 Å². The zero-order valence-electron chi connectivity index (χ0n) is 36.4. The fourth-order valence-electron chi connectivity index (χ4n) is 9.46. The van der Waals surface area contributed by atoms with E-state index in [1.54, 1.807) is 11.3 Å². The zero-order valence-corrected chi connectivity index (χ0v) is 37.2. The minimum Gasteiger partial charge on any atom is -0.309 e. The molecule has 7 aromatic carbocycles. The Hall–Kier alpha value is -8.98. The van der Waals surface area contributed by atoms with Crippen LogP contribution in [0.3, 0.4) is 0 Å². The molecule has 0 aliphatic carbocycles. The van der Waals surface area contributed by atoms with E-state index in [1.165, 1.54) is 10.8 Å². The molecule has 7 nitrogen and oxygen atoms in total. The van der Waals surface area contributed by atoms with Crippen LogP contribution >= 0.6 is 11.3 Å². The van der Waals surface area contributed by atoms with Gasteiger partial charge < -0.3 is 4.57 Å². The summed E-state index contributed by atoms with van der Waals surface area (Å²) in [6.45, 7) is 0. The van der Waals surface area contributed by atoms with Crippen molar-refractivity contribution in [2.75, 3.05) is 0 Å². The van der Waals surface area contributed by atoms with Crippen LogP contribution in [0.4, 0.5) is 0 Å². The predicted octanol–water partition coefficient (Wildman–Crippen LogP) is 15.2. The summed E-state index contributed by atoms with van der Waals surface area (Å²) in [6, 6.07) is 69.6. The predicted molar refractivity (Wildman–Crippen MR) is 278 cm³/mol. The van der Waals surface area contributed by atoms with Crippen molar-refractivity contribution in [1.29, 1.82) is 0 Å². The highest BCUT2D eigenvalue weighted by Gasteiger charge is 2.23. The molecule has 0 unspecified atom stereocenters. The molecule has 6 heterocycles. The lowest BCUT2D eigenvalue weighted by Gasteiger charge is -2.12. The normalized spacial score (nSPS) is 11.5. The van der Waals surface area contributed by atoms with Crippen LogP contribution in [0.25, 0.3) is 127 Å². The second-order valence-electron chi connectivity index (χ2n) is 16.7. The summed E-state index contributed by atoms with van der Waals surface area (Å²) in [4.78, 5) is 31.0. The molecule has 0 aliphatic rings. The molecule has 0 saturated heterocycles. The summed E-state index contributed by atoms with van der Waals surface area (Å²) in [5.74, 6) is 1.82. The van der Waals surface area contributed by atoms with E-state index in [0.29, 0.717) is 17.5 Å². The van der Waals surface area contributed by atoms with Gasteiger partial charge in [-0.25, -0.2) is 19.9 Å². The van der Waals surface area contributed by atoms with Crippen molar-refractivity contribution < 1.29 is 0 Å². The standard InChI is InChI=1S/C60H37N7S/c1-3-14-39(15-4-1)55-57-54(53(44-19-12-32-61-36-44)56(68-57)45-20-13-33-62-37-45)49-35-42(30-31-50(49)63-55)38-26-28-41(29-27-38)59-64-58(40-16-5-2-6-17-40)65-60(66-59)43-18-11-21-46(34-43)67-51-24-9-7-22-47(51)48-23-8-10-25-52(48)67/h1-37H. The largest absolute Gasteiger partial charge is 0.309 e. The fourth-order valence-corrected chi connectivity index (χ4v) is 10.8. The molecule has 13 rings (SSSR count). The van der Waals surface area contributed by atoms with Crippen LogP contribution in [0.2, 0.25) is 0 Å². The van der Waals surface area contributed by atoms with Crippen molar-refractivity contribution in [3.63, 3.8) is 0 Å². The topological polar surface area (TPSA) is 82.3 Å². The van der Waals surface area contributed by atoms with Crippen molar-refractivity contribution in [3.05, 3.63) is 225 Å². The molecule has 0 radical (unpaired) electrons. The Balaban J connectivity index is 0.938. The number of rotatable bonds is 8. The highest BCUT2D eigenvalue weighted by atomic mass is 32.1. The SMILES string of the molecule is c1ccc(-c2nc(-c3ccc(-c4ccc5nc(-c6ccccc6)c6sc(-c7cccnc7)c(-c7cccnc7)c6c5c4)cc3)nc(-c3cccc(-n4c5ccccc5c5ccccc54)c3)n2)cc1. The number of thiophene rings is 1. The first-order valence-corrected chi connectivity index (χ1v) is 23.3. The lowest BCUT2D eigenvalue weighted by atomic mass is 9.94. The van der Waals surface area contributed by atoms with E-state index < -0.39 is 0 Å². The average molecular weight is 888 g/mol. The quantitative estimate of drug-likeness (QED) is 0.151. The van der Waals surface area contributed by atoms with E-state index in [4.69, 9.17) is 19.9 Å². The summed E-state index contributed by atoms with van der Waals surface area (Å²) in [5, 5.41) is 4.65. The van der Waals surface area contributed by atoms with Gasteiger partial charge in [0.1, 0.15) is 0 Å². The van der Waals surface area contributed by atoms with Gasteiger partial charge in [0.05, 0.1) is 26.9 Å². The van der Waals surface area contributed by atoms with Gasteiger partial charge in [-0.05, 0) is 59.7 Å². The summed E-state index contributed by atoms with van der Waals surface area (Å²) < 4.78 is 3.44. The Bertz CT molecular complexity index is 3950. The third kappa shape index (κ3) is 6.82. The number of nitrogens with zero attached hydrogens (tertiary/aromatic N) is 7. The Labute approximate surface area is 395 Å². The first-order chi connectivity index (χ1) is 33.7. The zero-order chi connectivity index (χ0) is 45.0. The van der Waals surface area contributed by atoms with Crippen LogP contribution in [0.5, 0.6) is 0 Å². The highest BCUT2D eigenvalue weighted by molar-refractivity contribution is 7.23. The molecule has 0 spiro atoms. The molecular formula is C60H37N7S. The van der Waals surface area contributed by atoms with E-state index in [9.17, 15) is 0 Å². The molecule has 0 atom stereocenters. The molecular weight excluding hydrogens is 851 g/mol. The summed E-state index contributed by atoms with van der Waals surface area (Å²) >= 11 is 1.76. The first-order valence-electron chi connectivity index (χ1n) is 22.5. The number of para-hydroxylation sites is 2. The molecule has 0 N–H and O–H groups in total. The molecule has 0 fully saturated rings. The van der Waals surface area contributed by atoms with E-state index in [0.717, 1.165) is 98.4 Å². The average Bonchev–Trinajstić information content (AvgIpc) is 3.99. The van der Waals surface area contributed by atoms with Crippen LogP contribution in [0.1, 0.15) is 0 Å². The second kappa shape index (κ2) is 16.5. The third-order valence-corrected chi connectivity index (χ3v) is 13.9. The molecule has 318 valence electrons. The van der Waals surface area contributed by atoms with Crippen LogP contribution in [-0.2, 0) is 0 Å². The molecule has 0 saturated carbocycles. The van der Waals surface area contributed by atoms with E-state index in [1.807, 2.05) is 73.3 Å². The Morgan fingerprint density at radius 1 is 0.368 bits per heavy atom. The van der Waals surface area contributed by atoms with Gasteiger partial charge in [0, 0.05) is 95.8 Å². The number of benzene rings is 7. The molecule has 6 aromatic heterocycles. The number of fused-ring (bicyclic) bond motifs is 6. The third-order valence-electron chi connectivity index (χ3n) is 12.6. The van der Waals surface area contributed by atoms with E-state index >= 15 is 0 Å². The van der Waals surface area contributed by atoms with Crippen LogP contribution < -0.4 is 0 Å². The van der Waals surface area contributed by atoms with Gasteiger partial charge in [-0.15, -0.1) is 11.3 Å². The fraction of sp³-hybridized carbons (Fsp3) is 0. The van der Waals surface area contributed by atoms with E-state index in [-0.39, 0.29) is 0 Å². The van der Waals surface area contributed by atoms with Crippen molar-refractivity contribution in [2.24, 2.45) is 0 Å². The van der Waals surface area contributed by atoms with Crippen molar-refractivity contribution in [2.45, 2.75) is 0 Å². The molecule has 0 amide bonds. The van der Waals surface area contributed by atoms with Gasteiger partial charge >= 0.3 is 0 Å². The lowest BCUT2D eigenvalue weighted by molar-refractivity contribution is 1.07. The summed E-state index contributed by atoms with van der Waals surface area (Å²) in [5.41, 5.74) is 14.4. The minimum absolute atomic E-state index is 0.600. The smallest absolute Gasteiger partial charge is 0.164 e. The molecule has 0 bridgehead atoms. The first kappa shape index (κ1) is 39.4.